The third-order valence-corrected chi connectivity index (χ3v) is 2.26. The van der Waals surface area contributed by atoms with Gasteiger partial charge in [0.15, 0.2) is 0 Å². The zero-order valence-corrected chi connectivity index (χ0v) is 8.32. The fraction of sp³-hybridized carbons (Fsp3) is 0.556. The van der Waals surface area contributed by atoms with E-state index in [1.54, 1.807) is 12.4 Å². The second kappa shape index (κ2) is 4.90. The van der Waals surface area contributed by atoms with E-state index in [-0.39, 0.29) is 11.9 Å². The number of nitrogens with zero attached hydrogens (tertiary/aromatic N) is 1. The van der Waals surface area contributed by atoms with Gasteiger partial charge < -0.3 is 15.4 Å². The van der Waals surface area contributed by atoms with E-state index >= 15 is 0 Å². The Balaban J connectivity index is 1.76. The van der Waals surface area contributed by atoms with E-state index in [1.807, 2.05) is 0 Å². The first-order valence-corrected chi connectivity index (χ1v) is 4.93. The predicted octanol–water partition coefficient (Wildman–Crippen LogP) is -0.986. The van der Waals surface area contributed by atoms with Crippen molar-refractivity contribution in [2.45, 2.75) is 12.6 Å². The van der Waals surface area contributed by atoms with Crippen LogP contribution in [-0.2, 0) is 16.1 Å². The number of H-pyrrole nitrogens is 1. The summed E-state index contributed by atoms with van der Waals surface area (Å²) in [4.78, 5) is 11.6. The van der Waals surface area contributed by atoms with Crippen LogP contribution >= 0.6 is 0 Å². The zero-order valence-electron chi connectivity index (χ0n) is 8.32. The van der Waals surface area contributed by atoms with Crippen molar-refractivity contribution >= 4 is 5.91 Å². The standard InChI is InChI=1S/C9H14N4O2/c14-9(8-6-15-2-1-10-8)11-3-7-4-12-13-5-7/h4-5,8,10H,1-3,6H2,(H,11,14)(H,12,13). The molecule has 3 N–H and O–H groups in total. The van der Waals surface area contributed by atoms with Gasteiger partial charge in [0.05, 0.1) is 19.4 Å². The minimum Gasteiger partial charge on any atom is -0.378 e. The van der Waals surface area contributed by atoms with E-state index in [1.165, 1.54) is 0 Å². The van der Waals surface area contributed by atoms with Gasteiger partial charge >= 0.3 is 0 Å². The first-order chi connectivity index (χ1) is 7.36. The van der Waals surface area contributed by atoms with Crippen LogP contribution in [0.1, 0.15) is 5.56 Å². The van der Waals surface area contributed by atoms with Crippen LogP contribution in [0.2, 0.25) is 0 Å². The zero-order chi connectivity index (χ0) is 10.5. The maximum Gasteiger partial charge on any atom is 0.239 e. The number of hydrogen-bond acceptors (Lipinski definition) is 4. The lowest BCUT2D eigenvalue weighted by atomic mass is 10.2. The van der Waals surface area contributed by atoms with Crippen molar-refractivity contribution in [2.24, 2.45) is 0 Å². The van der Waals surface area contributed by atoms with Crippen LogP contribution in [0.3, 0.4) is 0 Å². The molecule has 6 heteroatoms. The van der Waals surface area contributed by atoms with Gasteiger partial charge in [0.2, 0.25) is 5.91 Å². The van der Waals surface area contributed by atoms with Gasteiger partial charge in [-0.15, -0.1) is 0 Å². The quantitative estimate of drug-likeness (QED) is 0.599. The summed E-state index contributed by atoms with van der Waals surface area (Å²) in [6.45, 7) is 2.33. The van der Waals surface area contributed by atoms with E-state index < -0.39 is 0 Å². The topological polar surface area (TPSA) is 79.0 Å². The molecule has 2 rings (SSSR count). The van der Waals surface area contributed by atoms with Crippen LogP contribution in [-0.4, -0.2) is 41.9 Å². The largest absolute Gasteiger partial charge is 0.378 e. The summed E-state index contributed by atoms with van der Waals surface area (Å²) in [5.41, 5.74) is 0.958. The molecule has 1 atom stereocenters. The first kappa shape index (κ1) is 10.1. The van der Waals surface area contributed by atoms with Crippen LogP contribution in [0, 0.1) is 0 Å². The molecule has 1 aliphatic heterocycles. The monoisotopic (exact) mass is 210 g/mol. The van der Waals surface area contributed by atoms with Gasteiger partial charge in [-0.2, -0.15) is 5.10 Å². The molecule has 1 unspecified atom stereocenters. The minimum absolute atomic E-state index is 0.0316. The van der Waals surface area contributed by atoms with E-state index in [9.17, 15) is 4.79 Å². The molecular weight excluding hydrogens is 196 g/mol. The molecule has 15 heavy (non-hydrogen) atoms. The predicted molar refractivity (Wildman–Crippen MR) is 53.0 cm³/mol. The van der Waals surface area contributed by atoms with Crippen molar-refractivity contribution in [3.8, 4) is 0 Å². The Morgan fingerprint density at radius 1 is 1.73 bits per heavy atom. The molecule has 1 aromatic rings. The molecule has 0 aromatic carbocycles. The third-order valence-electron chi connectivity index (χ3n) is 2.26. The van der Waals surface area contributed by atoms with Crippen molar-refractivity contribution in [3.63, 3.8) is 0 Å². The number of aromatic nitrogens is 2. The molecule has 1 aliphatic rings. The lowest BCUT2D eigenvalue weighted by molar-refractivity contribution is -0.126. The van der Waals surface area contributed by atoms with Crippen molar-refractivity contribution in [2.75, 3.05) is 19.8 Å². The summed E-state index contributed by atoms with van der Waals surface area (Å²) < 4.78 is 5.20. The maximum absolute atomic E-state index is 11.6. The minimum atomic E-state index is -0.231. The molecule has 2 heterocycles. The smallest absolute Gasteiger partial charge is 0.239 e. The highest BCUT2D eigenvalue weighted by atomic mass is 16.5. The molecule has 0 aliphatic carbocycles. The van der Waals surface area contributed by atoms with Crippen molar-refractivity contribution < 1.29 is 9.53 Å². The summed E-state index contributed by atoms with van der Waals surface area (Å²) in [6, 6.07) is -0.231. The Morgan fingerprint density at radius 3 is 3.33 bits per heavy atom. The molecule has 0 saturated carbocycles. The van der Waals surface area contributed by atoms with Crippen molar-refractivity contribution in [3.05, 3.63) is 18.0 Å². The molecule has 82 valence electrons. The number of amides is 1. The Bertz CT molecular complexity index is 306. The number of hydrogen-bond donors (Lipinski definition) is 3. The second-order valence-electron chi connectivity index (χ2n) is 3.41. The average Bonchev–Trinajstić information content (AvgIpc) is 2.80. The number of morpholine rings is 1. The fourth-order valence-corrected chi connectivity index (χ4v) is 1.42. The van der Waals surface area contributed by atoms with Gasteiger partial charge in [-0.3, -0.25) is 9.89 Å². The average molecular weight is 210 g/mol. The van der Waals surface area contributed by atoms with Gasteiger partial charge in [0.25, 0.3) is 0 Å². The Kier molecular flexibility index (Phi) is 3.31. The lowest BCUT2D eigenvalue weighted by Gasteiger charge is -2.22. The van der Waals surface area contributed by atoms with Gasteiger partial charge in [-0.1, -0.05) is 0 Å². The SMILES string of the molecule is O=C(NCc1cn[nH]c1)C1COCCN1. The molecule has 0 radical (unpaired) electrons. The normalized spacial score (nSPS) is 21.2. The van der Waals surface area contributed by atoms with Crippen LogP contribution in [0.15, 0.2) is 12.4 Å². The van der Waals surface area contributed by atoms with E-state index in [2.05, 4.69) is 20.8 Å². The van der Waals surface area contributed by atoms with Crippen molar-refractivity contribution in [1.82, 2.24) is 20.8 Å². The van der Waals surface area contributed by atoms with E-state index in [0.717, 1.165) is 12.1 Å². The number of nitrogens with one attached hydrogen (secondary N) is 3. The summed E-state index contributed by atoms with van der Waals surface area (Å²) in [6.07, 6.45) is 3.44. The highest BCUT2D eigenvalue weighted by Crippen LogP contribution is 1.96. The molecule has 0 spiro atoms. The Hall–Kier alpha value is -1.40. The number of carbonyl (C=O) groups is 1. The van der Waals surface area contributed by atoms with Crippen LogP contribution < -0.4 is 10.6 Å². The molecule has 1 amide bonds. The summed E-state index contributed by atoms with van der Waals surface area (Å²) in [5.74, 6) is -0.0316. The van der Waals surface area contributed by atoms with Crippen LogP contribution in [0.5, 0.6) is 0 Å². The molecule has 1 saturated heterocycles. The summed E-state index contributed by atoms with van der Waals surface area (Å²) >= 11 is 0. The van der Waals surface area contributed by atoms with Crippen LogP contribution in [0.4, 0.5) is 0 Å². The Morgan fingerprint density at radius 2 is 2.67 bits per heavy atom. The van der Waals surface area contributed by atoms with E-state index in [4.69, 9.17) is 4.74 Å². The molecule has 1 aromatic heterocycles. The molecule has 1 fully saturated rings. The molecule has 0 bridgehead atoms. The Labute approximate surface area is 87.4 Å². The molecule has 6 nitrogen and oxygen atoms in total. The summed E-state index contributed by atoms with van der Waals surface area (Å²) in [5, 5.41) is 12.4. The number of ether oxygens (including phenoxy) is 1. The highest BCUT2D eigenvalue weighted by Gasteiger charge is 2.20. The third kappa shape index (κ3) is 2.77. The van der Waals surface area contributed by atoms with E-state index in [0.29, 0.717) is 19.8 Å². The number of carbonyl (C=O) groups excluding carboxylic acids is 1. The van der Waals surface area contributed by atoms with Gasteiger partial charge in [0, 0.05) is 24.8 Å². The van der Waals surface area contributed by atoms with Gasteiger partial charge in [-0.25, -0.2) is 0 Å². The van der Waals surface area contributed by atoms with Crippen LogP contribution in [0.25, 0.3) is 0 Å². The lowest BCUT2D eigenvalue weighted by Crippen LogP contribution is -2.51. The molecular formula is C9H14N4O2. The highest BCUT2D eigenvalue weighted by molar-refractivity contribution is 5.81. The number of rotatable bonds is 3. The van der Waals surface area contributed by atoms with Gasteiger partial charge in [0.1, 0.15) is 6.04 Å². The summed E-state index contributed by atoms with van der Waals surface area (Å²) in [7, 11) is 0. The van der Waals surface area contributed by atoms with Crippen molar-refractivity contribution in [1.29, 1.82) is 0 Å². The first-order valence-electron chi connectivity index (χ1n) is 4.93. The number of aromatic amines is 1. The maximum atomic E-state index is 11.6. The fourth-order valence-electron chi connectivity index (χ4n) is 1.42. The van der Waals surface area contributed by atoms with Gasteiger partial charge in [-0.05, 0) is 0 Å². The second-order valence-corrected chi connectivity index (χ2v) is 3.41.